The van der Waals surface area contributed by atoms with Gasteiger partial charge in [0.05, 0.1) is 17.4 Å². The average Bonchev–Trinajstić information content (AvgIpc) is 2.88. The highest BCUT2D eigenvalue weighted by atomic mass is 35.5. The van der Waals surface area contributed by atoms with Crippen molar-refractivity contribution >= 4 is 34.2 Å². The Morgan fingerprint density at radius 2 is 1.51 bits per heavy atom. The number of nitrogens with zero attached hydrogens (tertiary/aromatic N) is 2. The summed E-state index contributed by atoms with van der Waals surface area (Å²) in [6, 6.07) is 22.7. The van der Waals surface area contributed by atoms with Crippen molar-refractivity contribution in [1.29, 1.82) is 0 Å². The van der Waals surface area contributed by atoms with Crippen molar-refractivity contribution in [2.24, 2.45) is 0 Å². The third-order valence-electron chi connectivity index (χ3n) is 5.75. The Kier molecular flexibility index (Phi) is 7.57. The van der Waals surface area contributed by atoms with Crippen molar-refractivity contribution in [2.45, 2.75) is 32.5 Å². The molecule has 7 nitrogen and oxygen atoms in total. The molecular weight excluding hydrogens is 466 g/mol. The molecule has 0 saturated carbocycles. The van der Waals surface area contributed by atoms with Gasteiger partial charge in [-0.05, 0) is 30.2 Å². The molecule has 0 fully saturated rings. The minimum Gasteiger partial charge on any atom is -0.352 e. The van der Waals surface area contributed by atoms with Crippen molar-refractivity contribution < 1.29 is 9.59 Å². The van der Waals surface area contributed by atoms with Crippen LogP contribution in [0.25, 0.3) is 10.9 Å². The maximum Gasteiger partial charge on any atom is 0.331 e. The van der Waals surface area contributed by atoms with Crippen molar-refractivity contribution in [3.8, 4) is 0 Å². The van der Waals surface area contributed by atoms with Crippen molar-refractivity contribution in [1.82, 2.24) is 14.5 Å². The number of hydrogen-bond donors (Lipinski definition) is 1. The topological polar surface area (TPSA) is 90.2 Å². The highest BCUT2D eigenvalue weighted by Gasteiger charge is 2.16. The van der Waals surface area contributed by atoms with E-state index in [0.717, 1.165) is 10.1 Å². The number of aromatic nitrogens is 2. The number of Topliss-reactive ketones (excluding diaryl/α,β-unsaturated/α-hetero) is 1. The number of para-hydroxylation sites is 1. The van der Waals surface area contributed by atoms with Crippen LogP contribution in [0.2, 0.25) is 5.02 Å². The van der Waals surface area contributed by atoms with Gasteiger partial charge in [0.2, 0.25) is 5.91 Å². The van der Waals surface area contributed by atoms with E-state index in [1.165, 1.54) is 4.57 Å². The number of amides is 1. The molecule has 0 unspecified atom stereocenters. The first-order chi connectivity index (χ1) is 17.0. The normalized spacial score (nSPS) is 10.9. The van der Waals surface area contributed by atoms with Gasteiger partial charge in [-0.15, -0.1) is 0 Å². The smallest absolute Gasteiger partial charge is 0.331 e. The van der Waals surface area contributed by atoms with E-state index in [9.17, 15) is 19.2 Å². The summed E-state index contributed by atoms with van der Waals surface area (Å²) in [4.78, 5) is 51.4. The predicted octanol–water partition coefficient (Wildman–Crippen LogP) is 3.80. The van der Waals surface area contributed by atoms with Gasteiger partial charge in [-0.25, -0.2) is 4.79 Å². The first-order valence-corrected chi connectivity index (χ1v) is 11.6. The summed E-state index contributed by atoms with van der Waals surface area (Å²) in [6.45, 7) is 0.159. The molecule has 8 heteroatoms. The molecule has 1 heterocycles. The Balaban J connectivity index is 1.51. The second kappa shape index (κ2) is 11.0. The minimum absolute atomic E-state index is 0.0571. The largest absolute Gasteiger partial charge is 0.352 e. The number of carbonyl (C=O) groups is 2. The van der Waals surface area contributed by atoms with Gasteiger partial charge in [0.15, 0.2) is 5.78 Å². The molecule has 0 aliphatic heterocycles. The Bertz CT molecular complexity index is 1490. The number of carbonyl (C=O) groups excluding carboxylic acids is 2. The maximum atomic E-state index is 13.3. The van der Waals surface area contributed by atoms with Crippen LogP contribution in [0.5, 0.6) is 0 Å². The molecule has 0 radical (unpaired) electrons. The van der Waals surface area contributed by atoms with Gasteiger partial charge in [0.1, 0.15) is 0 Å². The Hall–Kier alpha value is -3.97. The molecule has 1 aromatic heterocycles. The second-order valence-electron chi connectivity index (χ2n) is 8.10. The number of rotatable bonds is 9. The zero-order chi connectivity index (χ0) is 24.8. The Morgan fingerprint density at radius 1 is 0.829 bits per heavy atom. The van der Waals surface area contributed by atoms with Gasteiger partial charge >= 0.3 is 5.69 Å². The zero-order valence-corrected chi connectivity index (χ0v) is 19.7. The number of benzene rings is 3. The number of nitrogens with one attached hydrogen (secondary N) is 1. The van der Waals surface area contributed by atoms with E-state index >= 15 is 0 Å². The van der Waals surface area contributed by atoms with Crippen LogP contribution in [0.3, 0.4) is 0 Å². The molecule has 0 atom stereocenters. The molecule has 0 spiro atoms. The molecule has 1 amide bonds. The third kappa shape index (κ3) is 5.58. The molecular formula is C27H24ClN3O4. The minimum atomic E-state index is -0.575. The molecule has 0 aliphatic rings. The standard InChI is InChI=1S/C27H24ClN3O4/c28-22-13-6-4-11-20(22)17-29-25(33)15-8-16-30-26(34)21-12-5-7-14-23(21)31(27(30)35)18-24(32)19-9-2-1-3-10-19/h1-7,9-14H,8,15-18H2,(H,29,33). The lowest BCUT2D eigenvalue weighted by atomic mass is 10.1. The second-order valence-corrected chi connectivity index (χ2v) is 8.51. The monoisotopic (exact) mass is 489 g/mol. The van der Waals surface area contributed by atoms with Crippen LogP contribution in [0.4, 0.5) is 0 Å². The Labute approximate surface area is 206 Å². The first-order valence-electron chi connectivity index (χ1n) is 11.3. The van der Waals surface area contributed by atoms with E-state index in [4.69, 9.17) is 11.6 Å². The molecule has 0 saturated heterocycles. The third-order valence-corrected chi connectivity index (χ3v) is 6.12. The van der Waals surface area contributed by atoms with E-state index in [2.05, 4.69) is 5.32 Å². The summed E-state index contributed by atoms with van der Waals surface area (Å²) in [5.74, 6) is -0.444. The number of ketones is 1. The quantitative estimate of drug-likeness (QED) is 0.362. The van der Waals surface area contributed by atoms with Crippen LogP contribution >= 0.6 is 11.6 Å². The van der Waals surface area contributed by atoms with Crippen LogP contribution in [-0.4, -0.2) is 20.8 Å². The Morgan fingerprint density at radius 3 is 2.29 bits per heavy atom. The van der Waals surface area contributed by atoms with Gasteiger partial charge in [-0.3, -0.25) is 23.5 Å². The number of hydrogen-bond acceptors (Lipinski definition) is 4. The van der Waals surface area contributed by atoms with E-state index in [-0.39, 0.29) is 37.6 Å². The molecule has 4 aromatic rings. The summed E-state index contributed by atoms with van der Waals surface area (Å²) in [6.07, 6.45) is 0.417. The summed E-state index contributed by atoms with van der Waals surface area (Å²) < 4.78 is 2.42. The molecule has 178 valence electrons. The molecule has 0 aliphatic carbocycles. The fraction of sp³-hybridized carbons (Fsp3) is 0.185. The van der Waals surface area contributed by atoms with E-state index in [0.29, 0.717) is 28.0 Å². The highest BCUT2D eigenvalue weighted by molar-refractivity contribution is 6.31. The van der Waals surface area contributed by atoms with Crippen LogP contribution < -0.4 is 16.6 Å². The maximum absolute atomic E-state index is 13.3. The summed E-state index contributed by atoms with van der Waals surface area (Å²) in [7, 11) is 0. The van der Waals surface area contributed by atoms with E-state index in [1.807, 2.05) is 24.3 Å². The molecule has 4 rings (SSSR count). The lowest BCUT2D eigenvalue weighted by Crippen LogP contribution is -2.41. The lowest BCUT2D eigenvalue weighted by molar-refractivity contribution is -0.121. The fourth-order valence-electron chi connectivity index (χ4n) is 3.90. The van der Waals surface area contributed by atoms with Crippen LogP contribution in [0.1, 0.15) is 28.8 Å². The van der Waals surface area contributed by atoms with Gasteiger partial charge in [-0.2, -0.15) is 0 Å². The predicted molar refractivity (Wildman–Crippen MR) is 136 cm³/mol. The number of fused-ring (bicyclic) bond motifs is 1. The van der Waals surface area contributed by atoms with Gasteiger partial charge in [0.25, 0.3) is 5.56 Å². The number of halogens is 1. The van der Waals surface area contributed by atoms with E-state index in [1.54, 1.807) is 54.6 Å². The van der Waals surface area contributed by atoms with Crippen molar-refractivity contribution in [3.63, 3.8) is 0 Å². The van der Waals surface area contributed by atoms with Gasteiger partial charge in [-0.1, -0.05) is 72.3 Å². The summed E-state index contributed by atoms with van der Waals surface area (Å²) >= 11 is 6.11. The lowest BCUT2D eigenvalue weighted by Gasteiger charge is -2.14. The van der Waals surface area contributed by atoms with Crippen LogP contribution in [0, 0.1) is 0 Å². The van der Waals surface area contributed by atoms with Crippen LogP contribution in [0.15, 0.2) is 88.5 Å². The first kappa shape index (κ1) is 24.2. The van der Waals surface area contributed by atoms with Gasteiger partial charge in [0, 0.05) is 30.1 Å². The summed E-state index contributed by atoms with van der Waals surface area (Å²) in [5, 5.41) is 3.72. The molecule has 35 heavy (non-hydrogen) atoms. The zero-order valence-electron chi connectivity index (χ0n) is 18.9. The summed E-state index contributed by atoms with van der Waals surface area (Å²) in [5.41, 5.74) is 0.677. The van der Waals surface area contributed by atoms with E-state index < -0.39 is 11.2 Å². The highest BCUT2D eigenvalue weighted by Crippen LogP contribution is 2.14. The molecule has 1 N–H and O–H groups in total. The molecule has 0 bridgehead atoms. The SMILES string of the molecule is O=C(CCCn1c(=O)c2ccccc2n(CC(=O)c2ccccc2)c1=O)NCc1ccccc1Cl. The van der Waals surface area contributed by atoms with Crippen LogP contribution in [-0.2, 0) is 24.4 Å². The van der Waals surface area contributed by atoms with Crippen molar-refractivity contribution in [3.05, 3.63) is 116 Å². The fourth-order valence-corrected chi connectivity index (χ4v) is 4.10. The van der Waals surface area contributed by atoms with Crippen molar-refractivity contribution in [2.75, 3.05) is 0 Å². The van der Waals surface area contributed by atoms with Gasteiger partial charge < -0.3 is 5.32 Å². The molecule has 3 aromatic carbocycles. The average molecular weight is 490 g/mol.